The van der Waals surface area contributed by atoms with Gasteiger partial charge in [-0.2, -0.15) is 0 Å². The zero-order chi connectivity index (χ0) is 14.5. The minimum absolute atomic E-state index is 0.178. The molecule has 0 aliphatic carbocycles. The van der Waals surface area contributed by atoms with Crippen LogP contribution in [0.15, 0.2) is 24.3 Å². The molecule has 0 aromatic heterocycles. The lowest BCUT2D eigenvalue weighted by Gasteiger charge is -2.16. The summed E-state index contributed by atoms with van der Waals surface area (Å²) in [4.78, 5) is 27.6. The third kappa shape index (κ3) is 2.89. The van der Waals surface area contributed by atoms with Gasteiger partial charge in [-0.05, 0) is 38.6 Å². The highest BCUT2D eigenvalue weighted by molar-refractivity contribution is 6.21. The molecule has 0 N–H and O–H groups in total. The van der Waals surface area contributed by atoms with Crippen LogP contribution in [-0.4, -0.2) is 48.3 Å². The van der Waals surface area contributed by atoms with Gasteiger partial charge in [-0.25, -0.2) is 0 Å². The van der Waals surface area contributed by atoms with Crippen LogP contribution in [0.1, 0.15) is 33.6 Å². The number of amides is 2. The fraction of sp³-hybridized carbons (Fsp3) is 0.375. The molecule has 2 amide bonds. The third-order valence-corrected chi connectivity index (χ3v) is 3.41. The van der Waals surface area contributed by atoms with E-state index >= 15 is 0 Å². The largest absolute Gasteiger partial charge is 0.295 e. The van der Waals surface area contributed by atoms with Crippen molar-refractivity contribution in [1.82, 2.24) is 9.80 Å². The van der Waals surface area contributed by atoms with Crippen molar-refractivity contribution in [2.24, 2.45) is 0 Å². The van der Waals surface area contributed by atoms with Gasteiger partial charge >= 0.3 is 0 Å². The van der Waals surface area contributed by atoms with E-state index in [-0.39, 0.29) is 11.8 Å². The van der Waals surface area contributed by atoms with E-state index in [9.17, 15) is 9.59 Å². The van der Waals surface area contributed by atoms with Crippen molar-refractivity contribution in [2.75, 3.05) is 26.7 Å². The number of hydrogen-bond donors (Lipinski definition) is 0. The fourth-order valence-corrected chi connectivity index (χ4v) is 2.33. The SMILES string of the molecule is C#CCN(C)CCCCN1C(=O)c2ccccc2C1=O. The number of benzene rings is 1. The van der Waals surface area contributed by atoms with Gasteiger partial charge in [0.05, 0.1) is 17.7 Å². The predicted molar refractivity (Wildman–Crippen MR) is 77.4 cm³/mol. The Labute approximate surface area is 119 Å². The number of carbonyl (C=O) groups excluding carboxylic acids is 2. The summed E-state index contributed by atoms with van der Waals surface area (Å²) >= 11 is 0. The zero-order valence-electron chi connectivity index (χ0n) is 11.6. The van der Waals surface area contributed by atoms with Crippen molar-refractivity contribution in [3.05, 3.63) is 35.4 Å². The average Bonchev–Trinajstić information content (AvgIpc) is 2.69. The number of carbonyl (C=O) groups is 2. The van der Waals surface area contributed by atoms with E-state index < -0.39 is 0 Å². The van der Waals surface area contributed by atoms with Crippen LogP contribution in [0.5, 0.6) is 0 Å². The van der Waals surface area contributed by atoms with Crippen molar-refractivity contribution in [3.8, 4) is 12.3 Å². The van der Waals surface area contributed by atoms with Gasteiger partial charge in [-0.1, -0.05) is 18.1 Å². The van der Waals surface area contributed by atoms with Crippen LogP contribution < -0.4 is 0 Å². The van der Waals surface area contributed by atoms with Gasteiger partial charge in [0.25, 0.3) is 11.8 Å². The highest BCUT2D eigenvalue weighted by Gasteiger charge is 2.34. The fourth-order valence-electron chi connectivity index (χ4n) is 2.33. The molecule has 1 heterocycles. The second-order valence-corrected chi connectivity index (χ2v) is 4.96. The summed E-state index contributed by atoms with van der Waals surface area (Å²) in [6.07, 6.45) is 6.93. The minimum atomic E-state index is -0.178. The van der Waals surface area contributed by atoms with Crippen LogP contribution in [-0.2, 0) is 0 Å². The number of rotatable bonds is 6. The third-order valence-electron chi connectivity index (χ3n) is 3.41. The van der Waals surface area contributed by atoms with E-state index in [1.165, 1.54) is 4.90 Å². The summed E-state index contributed by atoms with van der Waals surface area (Å²) in [6, 6.07) is 6.97. The molecule has 1 aromatic carbocycles. The zero-order valence-corrected chi connectivity index (χ0v) is 11.6. The van der Waals surface area contributed by atoms with Gasteiger partial charge in [0.15, 0.2) is 0 Å². The summed E-state index contributed by atoms with van der Waals surface area (Å²) in [5.74, 6) is 2.23. The molecule has 0 radical (unpaired) electrons. The molecular formula is C16H18N2O2. The lowest BCUT2D eigenvalue weighted by atomic mass is 10.1. The van der Waals surface area contributed by atoms with Crippen molar-refractivity contribution >= 4 is 11.8 Å². The van der Waals surface area contributed by atoms with E-state index in [1.54, 1.807) is 24.3 Å². The first-order chi connectivity index (χ1) is 9.65. The van der Waals surface area contributed by atoms with E-state index in [0.29, 0.717) is 24.2 Å². The quantitative estimate of drug-likeness (QED) is 0.448. The molecule has 0 fully saturated rings. The van der Waals surface area contributed by atoms with Crippen LogP contribution in [0.25, 0.3) is 0 Å². The van der Waals surface area contributed by atoms with Gasteiger partial charge in [-0.15, -0.1) is 6.42 Å². The Hall–Kier alpha value is -2.12. The number of hydrogen-bond acceptors (Lipinski definition) is 3. The smallest absolute Gasteiger partial charge is 0.261 e. The van der Waals surface area contributed by atoms with Gasteiger partial charge < -0.3 is 0 Å². The second-order valence-electron chi connectivity index (χ2n) is 4.96. The molecule has 4 nitrogen and oxygen atoms in total. The first-order valence-electron chi connectivity index (χ1n) is 6.72. The maximum atomic E-state index is 12.1. The van der Waals surface area contributed by atoms with Gasteiger partial charge in [0, 0.05) is 6.54 Å². The maximum absolute atomic E-state index is 12.1. The molecule has 104 valence electrons. The Morgan fingerprint density at radius 1 is 1.15 bits per heavy atom. The molecule has 1 aliphatic heterocycles. The molecule has 0 saturated heterocycles. The molecule has 1 aromatic rings. The summed E-state index contributed by atoms with van der Waals surface area (Å²) < 4.78 is 0. The molecule has 2 rings (SSSR count). The van der Waals surface area contributed by atoms with E-state index in [4.69, 9.17) is 6.42 Å². The molecule has 0 atom stereocenters. The lowest BCUT2D eigenvalue weighted by Crippen LogP contribution is -2.31. The maximum Gasteiger partial charge on any atom is 0.261 e. The predicted octanol–water partition coefficient (Wildman–Crippen LogP) is 1.63. The van der Waals surface area contributed by atoms with Crippen molar-refractivity contribution in [2.45, 2.75) is 12.8 Å². The van der Waals surface area contributed by atoms with E-state index in [2.05, 4.69) is 5.92 Å². The van der Waals surface area contributed by atoms with Gasteiger partial charge in [-0.3, -0.25) is 19.4 Å². The first-order valence-corrected chi connectivity index (χ1v) is 6.72. The highest BCUT2D eigenvalue weighted by Crippen LogP contribution is 2.22. The number of terminal acetylenes is 1. The molecule has 1 aliphatic rings. The van der Waals surface area contributed by atoms with Gasteiger partial charge in [0.2, 0.25) is 0 Å². The van der Waals surface area contributed by atoms with Crippen LogP contribution in [0.3, 0.4) is 0 Å². The van der Waals surface area contributed by atoms with Crippen LogP contribution >= 0.6 is 0 Å². The number of imide groups is 1. The second kappa shape index (κ2) is 6.36. The molecule has 0 spiro atoms. The van der Waals surface area contributed by atoms with Crippen molar-refractivity contribution < 1.29 is 9.59 Å². The molecule has 20 heavy (non-hydrogen) atoms. The van der Waals surface area contributed by atoms with Crippen molar-refractivity contribution in [1.29, 1.82) is 0 Å². The molecular weight excluding hydrogens is 252 g/mol. The molecule has 4 heteroatoms. The molecule has 0 unspecified atom stereocenters. The van der Waals surface area contributed by atoms with Crippen molar-refractivity contribution in [3.63, 3.8) is 0 Å². The average molecular weight is 270 g/mol. The van der Waals surface area contributed by atoms with E-state index in [0.717, 1.165) is 19.4 Å². The van der Waals surface area contributed by atoms with Crippen LogP contribution in [0, 0.1) is 12.3 Å². The summed E-state index contributed by atoms with van der Waals surface area (Å²) in [5.41, 5.74) is 1.03. The van der Waals surface area contributed by atoms with Crippen LogP contribution in [0.4, 0.5) is 0 Å². The topological polar surface area (TPSA) is 40.6 Å². The summed E-state index contributed by atoms with van der Waals surface area (Å²) in [5, 5.41) is 0. The minimum Gasteiger partial charge on any atom is -0.295 e. The Balaban J connectivity index is 1.86. The Kier molecular flexibility index (Phi) is 4.54. The first kappa shape index (κ1) is 14.3. The summed E-state index contributed by atoms with van der Waals surface area (Å²) in [7, 11) is 1.96. The normalized spacial score (nSPS) is 13.8. The lowest BCUT2D eigenvalue weighted by molar-refractivity contribution is 0.0651. The Morgan fingerprint density at radius 2 is 1.75 bits per heavy atom. The van der Waals surface area contributed by atoms with E-state index in [1.807, 2.05) is 11.9 Å². The van der Waals surface area contributed by atoms with Crippen LogP contribution in [0.2, 0.25) is 0 Å². The molecule has 0 saturated carbocycles. The monoisotopic (exact) mass is 270 g/mol. The number of fused-ring (bicyclic) bond motifs is 1. The Morgan fingerprint density at radius 3 is 2.30 bits per heavy atom. The Bertz CT molecular complexity index is 525. The number of nitrogens with zero attached hydrogens (tertiary/aromatic N) is 2. The standard InChI is InChI=1S/C16H18N2O2/c1-3-10-17(2)11-6-7-12-18-15(19)13-8-4-5-9-14(13)16(18)20/h1,4-5,8-9H,6-7,10-12H2,2H3. The summed E-state index contributed by atoms with van der Waals surface area (Å²) in [6.45, 7) is 1.95. The highest BCUT2D eigenvalue weighted by atomic mass is 16.2. The van der Waals surface area contributed by atoms with Gasteiger partial charge in [0.1, 0.15) is 0 Å². The number of unbranched alkanes of at least 4 members (excludes halogenated alkanes) is 1. The molecule has 0 bridgehead atoms.